The van der Waals surface area contributed by atoms with Crippen LogP contribution < -0.4 is 11.1 Å². The second-order valence-corrected chi connectivity index (χ2v) is 4.06. The van der Waals surface area contributed by atoms with Gasteiger partial charge in [-0.05, 0) is 32.4 Å². The number of hydrogen-bond donors (Lipinski definition) is 2. The Kier molecular flexibility index (Phi) is 6.69. The molecule has 1 atom stereocenters. The average Bonchev–Trinajstić information content (AvgIpc) is 2.33. The van der Waals surface area contributed by atoms with Crippen LogP contribution in [0.25, 0.3) is 0 Å². The quantitative estimate of drug-likeness (QED) is 0.695. The molecular formula is C12H22N4O. The van der Waals surface area contributed by atoms with Gasteiger partial charge in [-0.15, -0.1) is 0 Å². The Balaban J connectivity index is 2.39. The first-order chi connectivity index (χ1) is 8.26. The van der Waals surface area contributed by atoms with Crippen molar-refractivity contribution in [2.75, 3.05) is 20.3 Å². The largest absolute Gasteiger partial charge is 0.383 e. The number of methoxy groups -OCH3 is 1. The molecule has 5 heteroatoms. The fourth-order valence-electron chi connectivity index (χ4n) is 1.66. The molecule has 0 aliphatic heterocycles. The number of nitrogens with one attached hydrogen (secondary N) is 1. The minimum atomic E-state index is 0.332. The first-order valence-electron chi connectivity index (χ1n) is 5.97. The maximum Gasteiger partial charge on any atom is 0.125 e. The summed E-state index contributed by atoms with van der Waals surface area (Å²) >= 11 is 0. The highest BCUT2D eigenvalue weighted by Gasteiger charge is 2.07. The van der Waals surface area contributed by atoms with E-state index in [9.17, 15) is 0 Å². The summed E-state index contributed by atoms with van der Waals surface area (Å²) in [6.07, 6.45) is 3.81. The highest BCUT2D eigenvalue weighted by molar-refractivity contribution is 5.01. The van der Waals surface area contributed by atoms with Crippen LogP contribution in [0.5, 0.6) is 0 Å². The smallest absolute Gasteiger partial charge is 0.125 e. The maximum absolute atomic E-state index is 5.51. The van der Waals surface area contributed by atoms with Gasteiger partial charge < -0.3 is 15.8 Å². The Morgan fingerprint density at radius 3 is 3.00 bits per heavy atom. The standard InChI is InChI=1S/C12H22N4O/c1-10-14-7-5-11(16-10)8-15-12(9-17-2)4-3-6-13/h5,7,12,15H,3-4,6,8-9,13H2,1-2H3. The lowest BCUT2D eigenvalue weighted by Crippen LogP contribution is -2.33. The predicted molar refractivity (Wildman–Crippen MR) is 67.6 cm³/mol. The molecule has 1 heterocycles. The molecule has 1 aromatic heterocycles. The SMILES string of the molecule is COCC(CCCN)NCc1ccnc(C)n1. The zero-order valence-corrected chi connectivity index (χ0v) is 10.6. The zero-order chi connectivity index (χ0) is 12.5. The van der Waals surface area contributed by atoms with Crippen LogP contribution in [0.4, 0.5) is 0 Å². The van der Waals surface area contributed by atoms with Crippen LogP contribution in [0.15, 0.2) is 12.3 Å². The lowest BCUT2D eigenvalue weighted by Gasteiger charge is -2.17. The van der Waals surface area contributed by atoms with Crippen molar-refractivity contribution in [3.8, 4) is 0 Å². The molecule has 0 aromatic carbocycles. The number of nitrogens with zero attached hydrogens (tertiary/aromatic N) is 2. The van der Waals surface area contributed by atoms with Crippen molar-refractivity contribution >= 4 is 0 Å². The summed E-state index contributed by atoms with van der Waals surface area (Å²) in [5.74, 6) is 0.801. The van der Waals surface area contributed by atoms with Crippen LogP contribution in [0, 0.1) is 6.92 Å². The lowest BCUT2D eigenvalue weighted by atomic mass is 10.1. The molecule has 0 amide bonds. The minimum Gasteiger partial charge on any atom is -0.383 e. The Bertz CT molecular complexity index is 319. The summed E-state index contributed by atoms with van der Waals surface area (Å²) in [6, 6.07) is 2.26. The Morgan fingerprint density at radius 2 is 2.35 bits per heavy atom. The molecule has 0 bridgehead atoms. The summed E-state index contributed by atoms with van der Waals surface area (Å²) in [5, 5.41) is 3.43. The highest BCUT2D eigenvalue weighted by Crippen LogP contribution is 2.00. The van der Waals surface area contributed by atoms with Crippen molar-refractivity contribution in [2.24, 2.45) is 5.73 Å². The van der Waals surface area contributed by atoms with Crippen molar-refractivity contribution in [2.45, 2.75) is 32.4 Å². The Hall–Kier alpha value is -1.04. The van der Waals surface area contributed by atoms with E-state index in [0.29, 0.717) is 19.2 Å². The van der Waals surface area contributed by atoms with Crippen LogP contribution in [0.2, 0.25) is 0 Å². The first kappa shape index (κ1) is 14.0. The van der Waals surface area contributed by atoms with Crippen molar-refractivity contribution in [3.63, 3.8) is 0 Å². The van der Waals surface area contributed by atoms with E-state index >= 15 is 0 Å². The number of nitrogens with two attached hydrogens (primary N) is 1. The van der Waals surface area contributed by atoms with Crippen molar-refractivity contribution < 1.29 is 4.74 Å². The van der Waals surface area contributed by atoms with Crippen molar-refractivity contribution in [1.29, 1.82) is 0 Å². The molecule has 3 N–H and O–H groups in total. The summed E-state index contributed by atoms with van der Waals surface area (Å²) in [7, 11) is 1.71. The fourth-order valence-corrected chi connectivity index (χ4v) is 1.66. The number of aromatic nitrogens is 2. The van der Waals surface area contributed by atoms with Crippen LogP contribution in [0.3, 0.4) is 0 Å². The van der Waals surface area contributed by atoms with Crippen LogP contribution in [-0.4, -0.2) is 36.3 Å². The third-order valence-electron chi connectivity index (χ3n) is 2.53. The van der Waals surface area contributed by atoms with Gasteiger partial charge in [-0.1, -0.05) is 0 Å². The minimum absolute atomic E-state index is 0.332. The average molecular weight is 238 g/mol. The number of rotatable bonds is 8. The molecule has 1 unspecified atom stereocenters. The summed E-state index contributed by atoms with van der Waals surface area (Å²) in [5.41, 5.74) is 6.52. The van der Waals surface area contributed by atoms with Gasteiger partial charge in [0.25, 0.3) is 0 Å². The molecule has 96 valence electrons. The Labute approximate surface area is 103 Å². The molecule has 17 heavy (non-hydrogen) atoms. The molecule has 0 spiro atoms. The number of aryl methyl sites for hydroxylation is 1. The molecule has 0 saturated heterocycles. The number of ether oxygens (including phenoxy) is 1. The van der Waals surface area contributed by atoms with Gasteiger partial charge in [-0.2, -0.15) is 0 Å². The normalized spacial score (nSPS) is 12.6. The molecular weight excluding hydrogens is 216 g/mol. The monoisotopic (exact) mass is 238 g/mol. The summed E-state index contributed by atoms with van der Waals surface area (Å²) in [4.78, 5) is 8.42. The van der Waals surface area contributed by atoms with Gasteiger partial charge in [0, 0.05) is 25.9 Å². The maximum atomic E-state index is 5.51. The van der Waals surface area contributed by atoms with E-state index in [1.807, 2.05) is 13.0 Å². The van der Waals surface area contributed by atoms with Gasteiger partial charge in [0.2, 0.25) is 0 Å². The molecule has 1 aromatic rings. The van der Waals surface area contributed by atoms with Gasteiger partial charge in [0.15, 0.2) is 0 Å². The van der Waals surface area contributed by atoms with E-state index in [1.54, 1.807) is 13.3 Å². The highest BCUT2D eigenvalue weighted by atomic mass is 16.5. The third-order valence-corrected chi connectivity index (χ3v) is 2.53. The molecule has 5 nitrogen and oxygen atoms in total. The van der Waals surface area contributed by atoms with E-state index < -0.39 is 0 Å². The predicted octanol–water partition coefficient (Wildman–Crippen LogP) is 0.629. The van der Waals surface area contributed by atoms with Crippen LogP contribution >= 0.6 is 0 Å². The Morgan fingerprint density at radius 1 is 1.53 bits per heavy atom. The second-order valence-electron chi connectivity index (χ2n) is 4.06. The van der Waals surface area contributed by atoms with E-state index in [4.69, 9.17) is 10.5 Å². The van der Waals surface area contributed by atoms with Crippen molar-refractivity contribution in [3.05, 3.63) is 23.8 Å². The van der Waals surface area contributed by atoms with Gasteiger partial charge in [0.05, 0.1) is 12.3 Å². The van der Waals surface area contributed by atoms with E-state index in [2.05, 4.69) is 15.3 Å². The van der Waals surface area contributed by atoms with Gasteiger partial charge in [-0.3, -0.25) is 0 Å². The van der Waals surface area contributed by atoms with Gasteiger partial charge in [0.1, 0.15) is 5.82 Å². The molecule has 1 rings (SSSR count). The molecule has 0 saturated carbocycles. The van der Waals surface area contributed by atoms with E-state index in [0.717, 1.165) is 30.9 Å². The van der Waals surface area contributed by atoms with Gasteiger partial charge >= 0.3 is 0 Å². The molecule has 0 aliphatic rings. The topological polar surface area (TPSA) is 73.1 Å². The second kappa shape index (κ2) is 8.11. The molecule has 0 fully saturated rings. The lowest BCUT2D eigenvalue weighted by molar-refractivity contribution is 0.161. The summed E-state index contributed by atoms with van der Waals surface area (Å²) < 4.78 is 5.18. The fraction of sp³-hybridized carbons (Fsp3) is 0.667. The first-order valence-corrected chi connectivity index (χ1v) is 5.97. The van der Waals surface area contributed by atoms with Crippen LogP contribution in [0.1, 0.15) is 24.4 Å². The van der Waals surface area contributed by atoms with E-state index in [-0.39, 0.29) is 0 Å². The molecule has 0 aliphatic carbocycles. The van der Waals surface area contributed by atoms with Crippen LogP contribution in [-0.2, 0) is 11.3 Å². The third kappa shape index (κ3) is 5.72. The van der Waals surface area contributed by atoms with Gasteiger partial charge in [-0.25, -0.2) is 9.97 Å². The van der Waals surface area contributed by atoms with E-state index in [1.165, 1.54) is 0 Å². The summed E-state index contributed by atoms with van der Waals surface area (Å²) in [6.45, 7) is 4.05. The zero-order valence-electron chi connectivity index (χ0n) is 10.6. The molecule has 0 radical (unpaired) electrons. The number of hydrogen-bond acceptors (Lipinski definition) is 5. The van der Waals surface area contributed by atoms with Crippen molar-refractivity contribution in [1.82, 2.24) is 15.3 Å².